The zero-order chi connectivity index (χ0) is 12.3. The SMILES string of the molecule is CCc1ccccc1-c1cc(O)ccc1CC. The topological polar surface area (TPSA) is 20.2 Å². The van der Waals surface area contributed by atoms with Crippen molar-refractivity contribution >= 4 is 0 Å². The Morgan fingerprint density at radius 1 is 0.824 bits per heavy atom. The molecule has 2 aromatic rings. The van der Waals surface area contributed by atoms with Crippen LogP contribution < -0.4 is 0 Å². The summed E-state index contributed by atoms with van der Waals surface area (Å²) in [6, 6.07) is 14.0. The molecule has 0 heterocycles. The van der Waals surface area contributed by atoms with E-state index in [1.165, 1.54) is 16.7 Å². The molecule has 0 aliphatic rings. The maximum atomic E-state index is 9.66. The van der Waals surface area contributed by atoms with Gasteiger partial charge in [-0.2, -0.15) is 0 Å². The summed E-state index contributed by atoms with van der Waals surface area (Å²) >= 11 is 0. The molecule has 17 heavy (non-hydrogen) atoms. The first-order valence-corrected chi connectivity index (χ1v) is 6.16. The Balaban J connectivity index is 2.62. The van der Waals surface area contributed by atoms with Gasteiger partial charge in [-0.15, -0.1) is 0 Å². The third-order valence-corrected chi connectivity index (χ3v) is 3.16. The van der Waals surface area contributed by atoms with Crippen LogP contribution in [-0.4, -0.2) is 5.11 Å². The predicted octanol–water partition coefficient (Wildman–Crippen LogP) is 4.18. The molecule has 0 aliphatic heterocycles. The number of phenolic OH excluding ortho intramolecular Hbond substituents is 1. The van der Waals surface area contributed by atoms with Crippen LogP contribution in [0.25, 0.3) is 11.1 Å². The van der Waals surface area contributed by atoms with Gasteiger partial charge in [-0.3, -0.25) is 0 Å². The van der Waals surface area contributed by atoms with E-state index < -0.39 is 0 Å². The average molecular weight is 226 g/mol. The first kappa shape index (κ1) is 11.7. The van der Waals surface area contributed by atoms with Crippen LogP contribution in [-0.2, 0) is 12.8 Å². The van der Waals surface area contributed by atoms with E-state index in [4.69, 9.17) is 0 Å². The van der Waals surface area contributed by atoms with Gasteiger partial charge in [-0.25, -0.2) is 0 Å². The Bertz CT molecular complexity index is 515. The molecule has 0 fully saturated rings. The average Bonchev–Trinajstić information content (AvgIpc) is 2.38. The van der Waals surface area contributed by atoms with Crippen LogP contribution in [0.3, 0.4) is 0 Å². The molecule has 0 atom stereocenters. The lowest BCUT2D eigenvalue weighted by molar-refractivity contribution is 0.475. The normalized spacial score (nSPS) is 10.5. The smallest absolute Gasteiger partial charge is 0.116 e. The number of hydrogen-bond acceptors (Lipinski definition) is 1. The van der Waals surface area contributed by atoms with Crippen molar-refractivity contribution in [3.63, 3.8) is 0 Å². The van der Waals surface area contributed by atoms with Crippen LogP contribution in [0.2, 0.25) is 0 Å². The van der Waals surface area contributed by atoms with Gasteiger partial charge in [0.2, 0.25) is 0 Å². The summed E-state index contributed by atoms with van der Waals surface area (Å²) in [6.07, 6.45) is 1.99. The summed E-state index contributed by atoms with van der Waals surface area (Å²) in [6.45, 7) is 4.30. The largest absolute Gasteiger partial charge is 0.508 e. The van der Waals surface area contributed by atoms with Crippen molar-refractivity contribution < 1.29 is 5.11 Å². The zero-order valence-corrected chi connectivity index (χ0v) is 10.4. The summed E-state index contributed by atoms with van der Waals surface area (Å²) in [7, 11) is 0. The molecule has 88 valence electrons. The molecule has 0 unspecified atom stereocenters. The maximum Gasteiger partial charge on any atom is 0.116 e. The molecular formula is C16H18O. The fourth-order valence-electron chi connectivity index (χ4n) is 2.21. The highest BCUT2D eigenvalue weighted by molar-refractivity contribution is 5.72. The van der Waals surface area contributed by atoms with Crippen molar-refractivity contribution in [1.82, 2.24) is 0 Å². The third-order valence-electron chi connectivity index (χ3n) is 3.16. The maximum absolute atomic E-state index is 9.66. The summed E-state index contributed by atoms with van der Waals surface area (Å²) in [5.74, 6) is 0.336. The summed E-state index contributed by atoms with van der Waals surface area (Å²) in [5.41, 5.74) is 5.00. The quantitative estimate of drug-likeness (QED) is 0.832. The number of phenols is 1. The fraction of sp³-hybridized carbons (Fsp3) is 0.250. The monoisotopic (exact) mass is 226 g/mol. The minimum atomic E-state index is 0.336. The van der Waals surface area contributed by atoms with Gasteiger partial charge in [0.25, 0.3) is 0 Å². The molecule has 0 aromatic heterocycles. The van der Waals surface area contributed by atoms with Gasteiger partial charge in [-0.05, 0) is 47.2 Å². The lowest BCUT2D eigenvalue weighted by Gasteiger charge is -2.12. The molecule has 0 saturated carbocycles. The molecule has 0 saturated heterocycles. The lowest BCUT2D eigenvalue weighted by atomic mass is 9.93. The van der Waals surface area contributed by atoms with Crippen LogP contribution in [0, 0.1) is 0 Å². The van der Waals surface area contributed by atoms with Gasteiger partial charge >= 0.3 is 0 Å². The van der Waals surface area contributed by atoms with Crippen LogP contribution in [0.15, 0.2) is 42.5 Å². The van der Waals surface area contributed by atoms with E-state index in [-0.39, 0.29) is 0 Å². The minimum Gasteiger partial charge on any atom is -0.508 e. The highest BCUT2D eigenvalue weighted by atomic mass is 16.3. The van der Waals surface area contributed by atoms with Gasteiger partial charge in [0.05, 0.1) is 0 Å². The highest BCUT2D eigenvalue weighted by Crippen LogP contribution is 2.30. The molecule has 0 radical (unpaired) electrons. The van der Waals surface area contributed by atoms with Crippen molar-refractivity contribution in [1.29, 1.82) is 0 Å². The number of aromatic hydroxyl groups is 1. The minimum absolute atomic E-state index is 0.336. The van der Waals surface area contributed by atoms with Crippen LogP contribution in [0.1, 0.15) is 25.0 Å². The molecule has 0 spiro atoms. The lowest BCUT2D eigenvalue weighted by Crippen LogP contribution is -1.92. The van der Waals surface area contributed by atoms with E-state index in [0.29, 0.717) is 5.75 Å². The Hall–Kier alpha value is -1.76. The summed E-state index contributed by atoms with van der Waals surface area (Å²) in [4.78, 5) is 0. The summed E-state index contributed by atoms with van der Waals surface area (Å²) < 4.78 is 0. The van der Waals surface area contributed by atoms with E-state index in [9.17, 15) is 5.11 Å². The van der Waals surface area contributed by atoms with Gasteiger partial charge in [-0.1, -0.05) is 44.2 Å². The second kappa shape index (κ2) is 5.05. The fourth-order valence-corrected chi connectivity index (χ4v) is 2.21. The molecule has 0 bridgehead atoms. The number of rotatable bonds is 3. The molecule has 2 rings (SSSR count). The Kier molecular flexibility index (Phi) is 3.48. The molecule has 1 nitrogen and oxygen atoms in total. The zero-order valence-electron chi connectivity index (χ0n) is 10.4. The Labute approximate surface area is 103 Å². The standard InChI is InChI=1S/C16H18O/c1-3-12-7-5-6-8-15(12)16-11-14(17)10-9-13(16)4-2/h5-11,17H,3-4H2,1-2H3. The number of hydrogen-bond donors (Lipinski definition) is 1. The van der Waals surface area contributed by atoms with E-state index in [1.807, 2.05) is 12.1 Å². The van der Waals surface area contributed by atoms with Crippen molar-refractivity contribution in [2.24, 2.45) is 0 Å². The second-order valence-corrected chi connectivity index (χ2v) is 4.21. The van der Waals surface area contributed by atoms with Crippen molar-refractivity contribution in [3.8, 4) is 16.9 Å². The van der Waals surface area contributed by atoms with Crippen LogP contribution in [0.5, 0.6) is 5.75 Å². The predicted molar refractivity (Wildman–Crippen MR) is 72.3 cm³/mol. The van der Waals surface area contributed by atoms with Crippen molar-refractivity contribution in [3.05, 3.63) is 53.6 Å². The molecular weight excluding hydrogens is 208 g/mol. The first-order valence-electron chi connectivity index (χ1n) is 6.16. The van der Waals surface area contributed by atoms with Crippen LogP contribution in [0.4, 0.5) is 0 Å². The second-order valence-electron chi connectivity index (χ2n) is 4.21. The van der Waals surface area contributed by atoms with Crippen LogP contribution >= 0.6 is 0 Å². The van der Waals surface area contributed by atoms with E-state index in [1.54, 1.807) is 6.07 Å². The first-order chi connectivity index (χ1) is 8.26. The molecule has 1 heteroatoms. The molecule has 0 amide bonds. The Morgan fingerprint density at radius 2 is 1.47 bits per heavy atom. The van der Waals surface area contributed by atoms with Gasteiger partial charge < -0.3 is 5.11 Å². The van der Waals surface area contributed by atoms with Gasteiger partial charge in [0.1, 0.15) is 5.75 Å². The van der Waals surface area contributed by atoms with Crippen molar-refractivity contribution in [2.75, 3.05) is 0 Å². The molecule has 0 aliphatic carbocycles. The van der Waals surface area contributed by atoms with E-state index in [2.05, 4.69) is 38.1 Å². The number of aryl methyl sites for hydroxylation is 2. The molecule has 1 N–H and O–H groups in total. The van der Waals surface area contributed by atoms with Gasteiger partial charge in [0, 0.05) is 0 Å². The van der Waals surface area contributed by atoms with E-state index in [0.717, 1.165) is 18.4 Å². The number of benzene rings is 2. The Morgan fingerprint density at radius 3 is 2.18 bits per heavy atom. The molecule has 2 aromatic carbocycles. The van der Waals surface area contributed by atoms with Gasteiger partial charge in [0.15, 0.2) is 0 Å². The van der Waals surface area contributed by atoms with E-state index >= 15 is 0 Å². The summed E-state index contributed by atoms with van der Waals surface area (Å²) in [5, 5.41) is 9.66. The highest BCUT2D eigenvalue weighted by Gasteiger charge is 2.08. The third kappa shape index (κ3) is 2.33. The van der Waals surface area contributed by atoms with Crippen molar-refractivity contribution in [2.45, 2.75) is 26.7 Å².